The van der Waals surface area contributed by atoms with Crippen LogP contribution in [0.5, 0.6) is 0 Å². The molecule has 48 heavy (non-hydrogen) atoms. The maximum atomic E-state index is 2.44. The van der Waals surface area contributed by atoms with E-state index in [-0.39, 0.29) is 5.41 Å². The molecule has 2 aliphatic rings. The average Bonchev–Trinajstić information content (AvgIpc) is 3.38. The Bertz CT molecular complexity index is 2210. The Morgan fingerprint density at radius 1 is 0.417 bits per heavy atom. The van der Waals surface area contributed by atoms with Gasteiger partial charge in [0.15, 0.2) is 0 Å². The minimum atomic E-state index is -0.0834. The topological polar surface area (TPSA) is 3.24 Å². The highest BCUT2D eigenvalue weighted by Gasteiger charge is 2.39. The number of nitrogens with zero attached hydrogens (tertiary/aromatic N) is 1. The normalized spacial score (nSPS) is 13.6. The van der Waals surface area contributed by atoms with E-state index in [2.05, 4.69) is 183 Å². The summed E-state index contributed by atoms with van der Waals surface area (Å²) in [5.74, 6) is 0. The van der Waals surface area contributed by atoms with Crippen molar-refractivity contribution in [3.63, 3.8) is 0 Å². The molecule has 0 unspecified atom stereocenters. The number of hydrogen-bond donors (Lipinski definition) is 0. The predicted octanol–water partition coefficient (Wildman–Crippen LogP) is 13.4. The predicted molar refractivity (Wildman–Crippen MR) is 204 cm³/mol. The molecular formula is C45H33NS2. The fourth-order valence-electron chi connectivity index (χ4n) is 7.26. The highest BCUT2D eigenvalue weighted by Crippen LogP contribution is 2.59. The van der Waals surface area contributed by atoms with Crippen molar-refractivity contribution in [2.24, 2.45) is 0 Å². The lowest BCUT2D eigenvalue weighted by Crippen LogP contribution is -2.15. The lowest BCUT2D eigenvalue weighted by atomic mass is 9.82. The zero-order chi connectivity index (χ0) is 32.2. The SMILES string of the molecule is CC1(C)c2ccc(N(c3ccc(-c4ccccc4)cc3)c3ccc(-c4ccccc4)cc3)cc2-c2c1ccc1c2Sc2ccccc2S1. The summed E-state index contributed by atoms with van der Waals surface area (Å²) in [7, 11) is 0. The molecule has 1 nitrogen and oxygen atoms in total. The molecule has 0 fully saturated rings. The van der Waals surface area contributed by atoms with Gasteiger partial charge in [-0.1, -0.05) is 147 Å². The molecule has 0 amide bonds. The molecule has 0 atom stereocenters. The van der Waals surface area contributed by atoms with Crippen molar-refractivity contribution in [2.45, 2.75) is 38.8 Å². The highest BCUT2D eigenvalue weighted by atomic mass is 32.2. The molecule has 0 saturated carbocycles. The molecule has 1 aliphatic heterocycles. The molecule has 1 aliphatic carbocycles. The van der Waals surface area contributed by atoms with Crippen LogP contribution in [-0.2, 0) is 5.41 Å². The molecule has 0 N–H and O–H groups in total. The Morgan fingerprint density at radius 3 is 1.48 bits per heavy atom. The monoisotopic (exact) mass is 651 g/mol. The summed E-state index contributed by atoms with van der Waals surface area (Å²) in [6, 6.07) is 59.8. The van der Waals surface area contributed by atoms with Crippen LogP contribution in [0.25, 0.3) is 33.4 Å². The smallest absolute Gasteiger partial charge is 0.0468 e. The second kappa shape index (κ2) is 11.6. The van der Waals surface area contributed by atoms with E-state index < -0.39 is 0 Å². The van der Waals surface area contributed by atoms with Gasteiger partial charge in [0.1, 0.15) is 0 Å². The summed E-state index contributed by atoms with van der Waals surface area (Å²) < 4.78 is 0. The van der Waals surface area contributed by atoms with Gasteiger partial charge in [0, 0.05) is 47.6 Å². The van der Waals surface area contributed by atoms with Crippen molar-refractivity contribution in [1.82, 2.24) is 0 Å². The van der Waals surface area contributed by atoms with Crippen molar-refractivity contribution in [2.75, 3.05) is 4.90 Å². The van der Waals surface area contributed by atoms with Gasteiger partial charge in [-0.25, -0.2) is 0 Å². The third-order valence-electron chi connectivity index (χ3n) is 9.75. The van der Waals surface area contributed by atoms with Gasteiger partial charge in [0.05, 0.1) is 0 Å². The largest absolute Gasteiger partial charge is 0.310 e. The Labute approximate surface area is 291 Å². The third kappa shape index (κ3) is 4.89. The lowest BCUT2D eigenvalue weighted by molar-refractivity contribution is 0.659. The molecule has 0 saturated heterocycles. The first-order chi connectivity index (χ1) is 23.5. The summed E-state index contributed by atoms with van der Waals surface area (Å²) >= 11 is 3.82. The average molecular weight is 652 g/mol. The molecule has 230 valence electrons. The van der Waals surface area contributed by atoms with Gasteiger partial charge in [0.25, 0.3) is 0 Å². The Hall–Kier alpha value is -4.96. The molecule has 3 heteroatoms. The molecule has 1 heterocycles. The number of rotatable bonds is 5. The van der Waals surface area contributed by atoms with Crippen molar-refractivity contribution < 1.29 is 0 Å². The molecule has 7 aromatic carbocycles. The summed E-state index contributed by atoms with van der Waals surface area (Å²) in [6.45, 7) is 4.75. The number of hydrogen-bond acceptors (Lipinski definition) is 3. The van der Waals surface area contributed by atoms with Crippen molar-refractivity contribution in [1.29, 1.82) is 0 Å². The lowest BCUT2D eigenvalue weighted by Gasteiger charge is -2.27. The van der Waals surface area contributed by atoms with Crippen LogP contribution in [0, 0.1) is 0 Å². The molecule has 7 aromatic rings. The van der Waals surface area contributed by atoms with Crippen LogP contribution in [-0.4, -0.2) is 0 Å². The van der Waals surface area contributed by atoms with Crippen LogP contribution >= 0.6 is 23.5 Å². The maximum absolute atomic E-state index is 2.44. The standard InChI is InChI=1S/C45H33NS2/c1-45(2)38-26-25-36(29-37(38)43-39(45)27-28-42-44(43)48-41-16-10-9-15-40(41)47-42)46(34-21-17-32(18-22-34)30-11-5-3-6-12-30)35-23-19-33(20-24-35)31-13-7-4-8-14-31/h3-29H,1-2H3. The Kier molecular flexibility index (Phi) is 7.07. The van der Waals surface area contributed by atoms with Crippen LogP contribution in [0.4, 0.5) is 17.1 Å². The molecule has 0 radical (unpaired) electrons. The summed E-state index contributed by atoms with van der Waals surface area (Å²) in [4.78, 5) is 7.80. The quantitative estimate of drug-likeness (QED) is 0.182. The van der Waals surface area contributed by atoms with Gasteiger partial charge >= 0.3 is 0 Å². The van der Waals surface area contributed by atoms with E-state index in [0.717, 1.165) is 17.1 Å². The first-order valence-corrected chi connectivity index (χ1v) is 18.1. The van der Waals surface area contributed by atoms with Gasteiger partial charge in [0.2, 0.25) is 0 Å². The summed E-state index contributed by atoms with van der Waals surface area (Å²) in [5.41, 5.74) is 13.7. The van der Waals surface area contributed by atoms with Crippen LogP contribution < -0.4 is 4.90 Å². The fraction of sp³-hybridized carbons (Fsp3) is 0.0667. The Morgan fingerprint density at radius 2 is 0.896 bits per heavy atom. The van der Waals surface area contributed by atoms with Crippen LogP contribution in [0.1, 0.15) is 25.0 Å². The van der Waals surface area contributed by atoms with E-state index in [1.165, 1.54) is 64.1 Å². The number of anilines is 3. The van der Waals surface area contributed by atoms with Crippen molar-refractivity contribution in [3.8, 4) is 33.4 Å². The minimum Gasteiger partial charge on any atom is -0.310 e. The van der Waals surface area contributed by atoms with E-state index >= 15 is 0 Å². The first-order valence-electron chi connectivity index (χ1n) is 16.4. The highest BCUT2D eigenvalue weighted by molar-refractivity contribution is 8.05. The first kappa shape index (κ1) is 29.2. The van der Waals surface area contributed by atoms with Gasteiger partial charge < -0.3 is 4.90 Å². The maximum Gasteiger partial charge on any atom is 0.0468 e. The second-order valence-electron chi connectivity index (χ2n) is 13.0. The fourth-order valence-corrected chi connectivity index (χ4v) is 9.67. The molecule has 0 bridgehead atoms. The van der Waals surface area contributed by atoms with Crippen LogP contribution in [0.3, 0.4) is 0 Å². The molecule has 0 aromatic heterocycles. The summed E-state index contributed by atoms with van der Waals surface area (Å²) in [6.07, 6.45) is 0. The van der Waals surface area contributed by atoms with E-state index in [1.54, 1.807) is 0 Å². The van der Waals surface area contributed by atoms with Gasteiger partial charge in [-0.2, -0.15) is 0 Å². The van der Waals surface area contributed by atoms with E-state index in [9.17, 15) is 0 Å². The third-order valence-corrected chi connectivity index (χ3v) is 12.3. The van der Waals surface area contributed by atoms with E-state index in [4.69, 9.17) is 0 Å². The van der Waals surface area contributed by atoms with Crippen LogP contribution in [0.2, 0.25) is 0 Å². The molecule has 9 rings (SSSR count). The van der Waals surface area contributed by atoms with E-state index in [0.29, 0.717) is 0 Å². The van der Waals surface area contributed by atoms with E-state index in [1.807, 2.05) is 23.5 Å². The van der Waals surface area contributed by atoms with Crippen LogP contribution in [0.15, 0.2) is 183 Å². The van der Waals surface area contributed by atoms with Gasteiger partial charge in [-0.05, 0) is 93.5 Å². The Balaban J connectivity index is 1.19. The molecular weight excluding hydrogens is 619 g/mol. The number of benzene rings is 7. The second-order valence-corrected chi connectivity index (χ2v) is 15.1. The van der Waals surface area contributed by atoms with Crippen molar-refractivity contribution >= 4 is 40.6 Å². The van der Waals surface area contributed by atoms with Gasteiger partial charge in [-0.3, -0.25) is 0 Å². The van der Waals surface area contributed by atoms with Gasteiger partial charge in [-0.15, -0.1) is 0 Å². The number of fused-ring (bicyclic) bond motifs is 6. The summed E-state index contributed by atoms with van der Waals surface area (Å²) in [5, 5.41) is 0. The molecule has 0 spiro atoms. The van der Waals surface area contributed by atoms with Crippen molar-refractivity contribution in [3.05, 3.63) is 175 Å². The zero-order valence-electron chi connectivity index (χ0n) is 26.9. The zero-order valence-corrected chi connectivity index (χ0v) is 28.5. The minimum absolute atomic E-state index is 0.0834.